The van der Waals surface area contributed by atoms with Crippen LogP contribution >= 0.6 is 0 Å². The van der Waals surface area contributed by atoms with Crippen LogP contribution in [0, 0.1) is 0 Å². The van der Waals surface area contributed by atoms with Crippen molar-refractivity contribution in [2.75, 3.05) is 7.11 Å². The molecule has 0 fully saturated rings. The van der Waals surface area contributed by atoms with Crippen LogP contribution in [0.2, 0.25) is 0 Å². The van der Waals surface area contributed by atoms with Crippen LogP contribution in [0.4, 0.5) is 0 Å². The number of fused-ring (bicyclic) bond motifs is 1. The molecule has 2 aromatic carbocycles. The number of hydrogen-bond acceptors (Lipinski definition) is 5. The fraction of sp³-hybridized carbons (Fsp3) is 0.346. The molecule has 2 heterocycles. The van der Waals surface area contributed by atoms with Gasteiger partial charge in [0.1, 0.15) is 5.75 Å². The number of H-pyrrole nitrogens is 1. The quantitative estimate of drug-likeness (QED) is 0.572. The number of aromatic nitrogens is 1. The number of methoxy groups -OCH3 is 1. The van der Waals surface area contributed by atoms with Crippen LogP contribution in [-0.2, 0) is 39.0 Å². The largest absolute Gasteiger partial charge is 0.496 e. The normalized spacial score (nSPS) is 16.2. The summed E-state index contributed by atoms with van der Waals surface area (Å²) >= 11 is 0. The number of benzene rings is 2. The monoisotopic (exact) mass is 482 g/mol. The second-order valence-electron chi connectivity index (χ2n) is 9.72. The number of aromatic amines is 1. The highest BCUT2D eigenvalue weighted by Gasteiger charge is 2.29. The third kappa shape index (κ3) is 5.09. The van der Waals surface area contributed by atoms with Crippen LogP contribution in [-0.4, -0.2) is 20.5 Å². The molecule has 4 rings (SSSR count). The van der Waals surface area contributed by atoms with Gasteiger partial charge < -0.3 is 14.5 Å². The fourth-order valence-corrected chi connectivity index (χ4v) is 5.11. The summed E-state index contributed by atoms with van der Waals surface area (Å²) in [5, 5.41) is 5.20. The fourth-order valence-electron chi connectivity index (χ4n) is 4.46. The molecule has 3 aromatic rings. The molecule has 0 radical (unpaired) electrons. The lowest BCUT2D eigenvalue weighted by molar-refractivity contribution is 0.0258. The van der Waals surface area contributed by atoms with E-state index < -0.39 is 10.0 Å². The second kappa shape index (κ2) is 9.02. The van der Waals surface area contributed by atoms with E-state index in [1.165, 1.54) is 0 Å². The average molecular weight is 483 g/mol. The highest BCUT2D eigenvalue weighted by Crippen LogP contribution is 2.43. The van der Waals surface area contributed by atoms with Crippen LogP contribution in [0.1, 0.15) is 54.7 Å². The van der Waals surface area contributed by atoms with E-state index in [1.54, 1.807) is 25.4 Å². The summed E-state index contributed by atoms with van der Waals surface area (Å²) in [4.78, 5) is 15.3. The van der Waals surface area contributed by atoms with E-state index in [9.17, 15) is 13.2 Å². The van der Waals surface area contributed by atoms with Crippen LogP contribution in [0.25, 0.3) is 11.1 Å². The van der Waals surface area contributed by atoms with Gasteiger partial charge in [0.05, 0.1) is 25.6 Å². The molecule has 34 heavy (non-hydrogen) atoms. The number of ether oxygens (including phenoxy) is 2. The lowest BCUT2D eigenvalue weighted by Gasteiger charge is -2.31. The van der Waals surface area contributed by atoms with Gasteiger partial charge in [-0.15, -0.1) is 0 Å². The smallest absolute Gasteiger partial charge is 0.255 e. The topological polar surface area (TPSA) is 111 Å². The van der Waals surface area contributed by atoms with Crippen LogP contribution in [0.15, 0.2) is 53.5 Å². The lowest BCUT2D eigenvalue weighted by Crippen LogP contribution is -2.20. The Hall–Kier alpha value is -2.94. The zero-order chi connectivity index (χ0) is 24.7. The Balaban J connectivity index is 1.79. The number of nitrogens with one attached hydrogen (secondary N) is 1. The molecule has 1 aliphatic heterocycles. The first-order valence-corrected chi connectivity index (χ1v) is 12.8. The number of hydrogen-bond donors (Lipinski definition) is 2. The molecule has 7 nitrogen and oxygen atoms in total. The number of pyridine rings is 1. The van der Waals surface area contributed by atoms with Crippen molar-refractivity contribution in [1.29, 1.82) is 0 Å². The van der Waals surface area contributed by atoms with Crippen molar-refractivity contribution in [1.82, 2.24) is 4.98 Å². The lowest BCUT2D eigenvalue weighted by atomic mass is 9.81. The summed E-state index contributed by atoms with van der Waals surface area (Å²) < 4.78 is 35.1. The highest BCUT2D eigenvalue weighted by atomic mass is 32.2. The minimum atomic E-state index is -3.61. The maximum absolute atomic E-state index is 12.5. The summed E-state index contributed by atoms with van der Waals surface area (Å²) in [6.45, 7) is 6.66. The van der Waals surface area contributed by atoms with E-state index >= 15 is 0 Å². The zero-order valence-electron chi connectivity index (χ0n) is 19.8. The summed E-state index contributed by atoms with van der Waals surface area (Å²) in [7, 11) is -1.95. The number of rotatable bonds is 5. The maximum Gasteiger partial charge on any atom is 0.255 e. The summed E-state index contributed by atoms with van der Waals surface area (Å²) in [5.74, 6) is 0.544. The van der Waals surface area contributed by atoms with Crippen molar-refractivity contribution in [3.8, 4) is 16.9 Å². The molecule has 0 aliphatic carbocycles. The van der Waals surface area contributed by atoms with Crippen LogP contribution < -0.4 is 15.4 Å². The van der Waals surface area contributed by atoms with Crippen molar-refractivity contribution in [3.63, 3.8) is 0 Å². The Bertz CT molecular complexity index is 1390. The van der Waals surface area contributed by atoms with Gasteiger partial charge in [0, 0.05) is 29.3 Å². The highest BCUT2D eigenvalue weighted by molar-refractivity contribution is 7.88. The molecule has 1 aromatic heterocycles. The summed E-state index contributed by atoms with van der Waals surface area (Å²) in [5.41, 5.74) is 5.54. The van der Waals surface area contributed by atoms with Crippen LogP contribution in [0.3, 0.4) is 0 Å². The molecule has 0 amide bonds. The molecule has 1 atom stereocenters. The Labute approximate surface area is 200 Å². The third-order valence-electron chi connectivity index (χ3n) is 6.09. The standard InChI is InChI=1S/C26H30N2O5S/c1-26(2,3)22-12-18(20-6-5-9-28-25(20)29)11-21(24(22)32-4)23-13-17-8-7-16(15-34(27,30)31)10-19(17)14-33-23/h5-12,23H,13-15H2,1-4H3,(H,28,29)(H2,27,30,31). The van der Waals surface area contributed by atoms with E-state index in [2.05, 4.69) is 25.8 Å². The van der Waals surface area contributed by atoms with Gasteiger partial charge in [-0.2, -0.15) is 0 Å². The van der Waals surface area contributed by atoms with Gasteiger partial charge in [-0.25, -0.2) is 13.6 Å². The van der Waals surface area contributed by atoms with Gasteiger partial charge in [0.25, 0.3) is 5.56 Å². The first kappa shape index (κ1) is 24.2. The Morgan fingerprint density at radius 3 is 2.56 bits per heavy atom. The van der Waals surface area contributed by atoms with Gasteiger partial charge in [-0.05, 0) is 51.9 Å². The van der Waals surface area contributed by atoms with Gasteiger partial charge in [0.2, 0.25) is 10.0 Å². The van der Waals surface area contributed by atoms with E-state index in [1.807, 2.05) is 30.3 Å². The van der Waals surface area contributed by atoms with Gasteiger partial charge in [-0.1, -0.05) is 39.0 Å². The predicted molar refractivity (Wildman–Crippen MR) is 132 cm³/mol. The van der Waals surface area contributed by atoms with Gasteiger partial charge in [-0.3, -0.25) is 4.79 Å². The first-order chi connectivity index (χ1) is 16.0. The summed E-state index contributed by atoms with van der Waals surface area (Å²) in [6, 6.07) is 13.2. The number of primary sulfonamides is 1. The van der Waals surface area contributed by atoms with Crippen molar-refractivity contribution in [3.05, 3.63) is 86.8 Å². The molecule has 1 unspecified atom stereocenters. The molecule has 0 saturated carbocycles. The van der Waals surface area contributed by atoms with E-state index in [0.717, 1.165) is 33.6 Å². The molecular weight excluding hydrogens is 452 g/mol. The maximum atomic E-state index is 12.5. The minimum Gasteiger partial charge on any atom is -0.496 e. The average Bonchev–Trinajstić information content (AvgIpc) is 2.76. The predicted octanol–water partition coefficient (Wildman–Crippen LogP) is 3.95. The molecule has 0 saturated heterocycles. The molecule has 0 spiro atoms. The Morgan fingerprint density at radius 1 is 1.15 bits per heavy atom. The van der Waals surface area contributed by atoms with Crippen molar-refractivity contribution in [2.24, 2.45) is 5.14 Å². The molecule has 0 bridgehead atoms. The van der Waals surface area contributed by atoms with Gasteiger partial charge in [0.15, 0.2) is 0 Å². The molecular formula is C26H30N2O5S. The minimum absolute atomic E-state index is 0.157. The van der Waals surface area contributed by atoms with E-state index in [-0.39, 0.29) is 22.8 Å². The molecule has 8 heteroatoms. The third-order valence-corrected chi connectivity index (χ3v) is 6.83. The Morgan fingerprint density at radius 2 is 1.91 bits per heavy atom. The summed E-state index contributed by atoms with van der Waals surface area (Å²) in [6.07, 6.45) is 1.93. The van der Waals surface area contributed by atoms with Crippen molar-refractivity contribution in [2.45, 2.75) is 51.1 Å². The molecule has 3 N–H and O–H groups in total. The van der Waals surface area contributed by atoms with E-state index in [0.29, 0.717) is 24.2 Å². The molecule has 1 aliphatic rings. The number of sulfonamides is 1. The van der Waals surface area contributed by atoms with Crippen molar-refractivity contribution < 1.29 is 17.9 Å². The Kier molecular flexibility index (Phi) is 6.42. The second-order valence-corrected chi connectivity index (χ2v) is 11.3. The molecule has 180 valence electrons. The van der Waals surface area contributed by atoms with Crippen molar-refractivity contribution >= 4 is 10.0 Å². The van der Waals surface area contributed by atoms with E-state index in [4.69, 9.17) is 14.6 Å². The van der Waals surface area contributed by atoms with Gasteiger partial charge >= 0.3 is 0 Å². The number of nitrogens with two attached hydrogens (primary N) is 1. The first-order valence-electron chi connectivity index (χ1n) is 11.1. The zero-order valence-corrected chi connectivity index (χ0v) is 20.7. The van der Waals surface area contributed by atoms with Crippen LogP contribution in [0.5, 0.6) is 5.75 Å². The SMILES string of the molecule is COc1c(C2Cc3ccc(CS(N)(=O)=O)cc3CO2)cc(-c2ccc[nH]c2=O)cc1C(C)(C)C.